The number of aromatic nitrogens is 1. The van der Waals surface area contributed by atoms with Crippen molar-refractivity contribution in [2.24, 2.45) is 7.05 Å². The van der Waals surface area contributed by atoms with E-state index in [1.54, 1.807) is 13.0 Å². The van der Waals surface area contributed by atoms with Crippen LogP contribution in [0.2, 0.25) is 0 Å². The smallest absolute Gasteiger partial charge is 0.212 e. The van der Waals surface area contributed by atoms with Crippen LogP contribution in [0.15, 0.2) is 42.5 Å². The van der Waals surface area contributed by atoms with Crippen LogP contribution in [0.3, 0.4) is 0 Å². The van der Waals surface area contributed by atoms with Gasteiger partial charge in [0.15, 0.2) is 0 Å². The van der Waals surface area contributed by atoms with Crippen molar-refractivity contribution in [1.29, 1.82) is 0 Å². The number of rotatable bonds is 2. The number of benzene rings is 1. The molecule has 2 rings (SSSR count). The fraction of sp³-hybridized carbons (Fsp3) is 0.214. The van der Waals surface area contributed by atoms with Crippen LogP contribution in [0.5, 0.6) is 0 Å². The molecule has 2 heteroatoms. The van der Waals surface area contributed by atoms with Gasteiger partial charge in [-0.2, -0.15) is 4.57 Å². The maximum atomic E-state index is 9.22. The van der Waals surface area contributed by atoms with Gasteiger partial charge in [0.05, 0.1) is 6.10 Å². The van der Waals surface area contributed by atoms with Crippen LogP contribution in [0.4, 0.5) is 0 Å². The summed E-state index contributed by atoms with van der Waals surface area (Å²) in [6, 6.07) is 12.4. The SMILES string of the molecule is CC(O)C=Cc1ccc2ccccc2[n+]1C. The molecule has 1 atom stereocenters. The normalized spacial score (nSPS) is 13.4. The second-order valence-corrected chi connectivity index (χ2v) is 3.98. The molecule has 1 unspecified atom stereocenters. The summed E-state index contributed by atoms with van der Waals surface area (Å²) >= 11 is 0. The quantitative estimate of drug-likeness (QED) is 0.760. The van der Waals surface area contributed by atoms with Crippen molar-refractivity contribution in [3.8, 4) is 0 Å². The summed E-state index contributed by atoms with van der Waals surface area (Å²) in [7, 11) is 2.03. The molecule has 0 saturated heterocycles. The predicted molar refractivity (Wildman–Crippen MR) is 65.8 cm³/mol. The molecule has 0 amide bonds. The van der Waals surface area contributed by atoms with Crippen LogP contribution >= 0.6 is 0 Å². The van der Waals surface area contributed by atoms with Gasteiger partial charge in [-0.15, -0.1) is 0 Å². The maximum Gasteiger partial charge on any atom is 0.212 e. The van der Waals surface area contributed by atoms with Crippen molar-refractivity contribution in [3.05, 3.63) is 48.2 Å². The third kappa shape index (κ3) is 2.12. The highest BCUT2D eigenvalue weighted by atomic mass is 16.3. The topological polar surface area (TPSA) is 24.1 Å². The van der Waals surface area contributed by atoms with E-state index in [-0.39, 0.29) is 0 Å². The summed E-state index contributed by atoms with van der Waals surface area (Å²) in [5, 5.41) is 10.4. The van der Waals surface area contributed by atoms with E-state index in [1.165, 1.54) is 10.9 Å². The molecule has 1 aromatic heterocycles. The van der Waals surface area contributed by atoms with E-state index in [1.807, 2.05) is 25.3 Å². The first kappa shape index (κ1) is 10.8. The Bertz CT molecular complexity index is 529. The summed E-state index contributed by atoms with van der Waals surface area (Å²) in [6.07, 6.45) is 3.31. The molecule has 1 N–H and O–H groups in total. The Labute approximate surface area is 95.5 Å². The molecule has 16 heavy (non-hydrogen) atoms. The Hall–Kier alpha value is -1.67. The monoisotopic (exact) mass is 214 g/mol. The van der Waals surface area contributed by atoms with Gasteiger partial charge in [0.1, 0.15) is 7.05 Å². The summed E-state index contributed by atoms with van der Waals surface area (Å²) in [6.45, 7) is 1.75. The lowest BCUT2D eigenvalue weighted by atomic mass is 10.2. The first-order valence-electron chi connectivity index (χ1n) is 5.42. The minimum Gasteiger partial charge on any atom is -0.389 e. The van der Waals surface area contributed by atoms with Gasteiger partial charge >= 0.3 is 0 Å². The Morgan fingerprint density at radius 3 is 2.69 bits per heavy atom. The van der Waals surface area contributed by atoms with E-state index in [9.17, 15) is 5.11 Å². The Kier molecular flexibility index (Phi) is 3.02. The van der Waals surface area contributed by atoms with Crippen LogP contribution in [0.25, 0.3) is 17.0 Å². The molecule has 2 nitrogen and oxygen atoms in total. The number of para-hydroxylation sites is 1. The van der Waals surface area contributed by atoms with Gasteiger partial charge in [0.2, 0.25) is 11.2 Å². The highest BCUT2D eigenvalue weighted by Gasteiger charge is 2.07. The van der Waals surface area contributed by atoms with Crippen LogP contribution in [0.1, 0.15) is 12.6 Å². The van der Waals surface area contributed by atoms with E-state index in [4.69, 9.17) is 0 Å². The lowest BCUT2D eigenvalue weighted by Crippen LogP contribution is -2.32. The second kappa shape index (κ2) is 4.45. The third-order valence-corrected chi connectivity index (χ3v) is 2.66. The molecule has 0 aliphatic rings. The van der Waals surface area contributed by atoms with Crippen molar-refractivity contribution in [2.45, 2.75) is 13.0 Å². The molecule has 0 radical (unpaired) electrons. The highest BCUT2D eigenvalue weighted by Crippen LogP contribution is 2.10. The van der Waals surface area contributed by atoms with Crippen LogP contribution in [0, 0.1) is 0 Å². The van der Waals surface area contributed by atoms with Crippen molar-refractivity contribution in [3.63, 3.8) is 0 Å². The lowest BCUT2D eigenvalue weighted by molar-refractivity contribution is -0.646. The summed E-state index contributed by atoms with van der Waals surface area (Å²) in [5.74, 6) is 0. The molecule has 1 aromatic carbocycles. The Balaban J connectivity index is 2.52. The molecule has 0 aliphatic carbocycles. The molecule has 0 aliphatic heterocycles. The second-order valence-electron chi connectivity index (χ2n) is 3.98. The van der Waals surface area contributed by atoms with E-state index in [2.05, 4.69) is 28.8 Å². The summed E-state index contributed by atoms with van der Waals surface area (Å²) in [5.41, 5.74) is 2.27. The van der Waals surface area contributed by atoms with Crippen molar-refractivity contribution in [2.75, 3.05) is 0 Å². The van der Waals surface area contributed by atoms with Crippen LogP contribution in [-0.2, 0) is 7.05 Å². The molecule has 0 saturated carbocycles. The summed E-state index contributed by atoms with van der Waals surface area (Å²) in [4.78, 5) is 0. The molecule has 0 fully saturated rings. The average Bonchev–Trinajstić information content (AvgIpc) is 2.28. The van der Waals surface area contributed by atoms with Crippen molar-refractivity contribution < 1.29 is 9.67 Å². The van der Waals surface area contributed by atoms with Crippen LogP contribution < -0.4 is 4.57 Å². The minimum atomic E-state index is -0.411. The van der Waals surface area contributed by atoms with Gasteiger partial charge in [-0.05, 0) is 25.1 Å². The number of fused-ring (bicyclic) bond motifs is 1. The first-order chi connectivity index (χ1) is 7.68. The maximum absolute atomic E-state index is 9.22. The largest absolute Gasteiger partial charge is 0.389 e. The van der Waals surface area contributed by atoms with Gasteiger partial charge < -0.3 is 5.11 Å². The zero-order valence-electron chi connectivity index (χ0n) is 9.59. The van der Waals surface area contributed by atoms with Gasteiger partial charge in [-0.1, -0.05) is 12.1 Å². The zero-order valence-corrected chi connectivity index (χ0v) is 9.59. The average molecular weight is 214 g/mol. The Morgan fingerprint density at radius 2 is 1.94 bits per heavy atom. The van der Waals surface area contributed by atoms with E-state index >= 15 is 0 Å². The van der Waals surface area contributed by atoms with E-state index < -0.39 is 6.10 Å². The molecular formula is C14H16NO+. The van der Waals surface area contributed by atoms with E-state index in [0.717, 1.165) is 5.69 Å². The number of hydrogen-bond acceptors (Lipinski definition) is 1. The molecule has 82 valence electrons. The molecule has 0 spiro atoms. The van der Waals surface area contributed by atoms with Gasteiger partial charge in [0, 0.05) is 23.6 Å². The Morgan fingerprint density at radius 1 is 1.19 bits per heavy atom. The summed E-state index contributed by atoms with van der Waals surface area (Å²) < 4.78 is 2.12. The van der Waals surface area contributed by atoms with Crippen molar-refractivity contribution in [1.82, 2.24) is 0 Å². The van der Waals surface area contributed by atoms with Crippen LogP contribution in [-0.4, -0.2) is 11.2 Å². The lowest BCUT2D eigenvalue weighted by Gasteiger charge is -2.00. The number of hydrogen-bond donors (Lipinski definition) is 1. The predicted octanol–water partition coefficient (Wildman–Crippen LogP) is 2.06. The standard InChI is InChI=1S/C14H16NO/c1-11(16)7-9-13-10-8-12-5-3-4-6-14(12)15(13)2/h3-11,16H,1-2H3/q+1. The molecule has 0 bridgehead atoms. The number of pyridine rings is 1. The van der Waals surface area contributed by atoms with Crippen molar-refractivity contribution >= 4 is 17.0 Å². The third-order valence-electron chi connectivity index (χ3n) is 2.66. The number of aryl methyl sites for hydroxylation is 1. The minimum absolute atomic E-state index is 0.411. The first-order valence-corrected chi connectivity index (χ1v) is 5.42. The fourth-order valence-corrected chi connectivity index (χ4v) is 1.77. The number of aliphatic hydroxyl groups is 1. The van der Waals surface area contributed by atoms with Gasteiger partial charge in [0.25, 0.3) is 0 Å². The number of aliphatic hydroxyl groups excluding tert-OH is 1. The molecule has 2 aromatic rings. The van der Waals surface area contributed by atoms with E-state index in [0.29, 0.717) is 0 Å². The zero-order chi connectivity index (χ0) is 11.5. The molecular weight excluding hydrogens is 198 g/mol. The molecule has 1 heterocycles. The highest BCUT2D eigenvalue weighted by molar-refractivity contribution is 5.76. The van der Waals surface area contributed by atoms with Gasteiger partial charge in [-0.3, -0.25) is 0 Å². The fourth-order valence-electron chi connectivity index (χ4n) is 1.77. The van der Waals surface area contributed by atoms with Gasteiger partial charge in [-0.25, -0.2) is 0 Å². The number of nitrogens with zero attached hydrogens (tertiary/aromatic N) is 1.